The Morgan fingerprint density at radius 3 is 2.76 bits per heavy atom. The Morgan fingerprint density at radius 1 is 1.19 bits per heavy atom. The molecule has 1 atom stereocenters. The first-order valence-corrected chi connectivity index (χ1v) is 12.1. The van der Waals surface area contributed by atoms with Crippen LogP contribution in [0.15, 0.2) is 41.1 Å². The zero-order valence-electron chi connectivity index (χ0n) is 21.2. The third-order valence-corrected chi connectivity index (χ3v) is 6.44. The number of nitrogens with one attached hydrogen (secondary N) is 1. The monoisotopic (exact) mass is 504 g/mol. The zero-order valence-corrected chi connectivity index (χ0v) is 21.2. The fourth-order valence-electron chi connectivity index (χ4n) is 4.60. The molecule has 0 amide bonds. The number of benzene rings is 1. The zero-order chi connectivity index (χ0) is 26.1. The molecule has 5 rings (SSSR count). The molecule has 4 aromatic rings. The second-order valence-corrected chi connectivity index (χ2v) is 9.17. The lowest BCUT2D eigenvalue weighted by atomic mass is 10.0. The third kappa shape index (κ3) is 4.90. The Bertz CT molecular complexity index is 1400. The molecule has 1 aliphatic heterocycles. The minimum absolute atomic E-state index is 0.0648. The second kappa shape index (κ2) is 10.2. The molecule has 0 bridgehead atoms. The predicted octanol–water partition coefficient (Wildman–Crippen LogP) is 3.74. The van der Waals surface area contributed by atoms with Crippen LogP contribution in [0.4, 0.5) is 10.2 Å². The van der Waals surface area contributed by atoms with Crippen molar-refractivity contribution in [1.82, 2.24) is 25.4 Å². The van der Waals surface area contributed by atoms with Crippen molar-refractivity contribution in [3.63, 3.8) is 0 Å². The van der Waals surface area contributed by atoms with Gasteiger partial charge in [0.25, 0.3) is 0 Å². The Labute approximate surface area is 214 Å². The standard InChI is InChI=1S/C27H29FN6O3/c1-15-25(24-16(2)33-37-17(24)3)31-26(32-27(15)34-12-18-6-5-9-30-23(18)13-34)21-10-20(7-8-22(21)28)36-14-19(35)11-29-4/h5-10,19,29,35H,11-14H2,1-4H3/t19-/m1/s1. The highest BCUT2D eigenvalue weighted by molar-refractivity contribution is 5.75. The maximum Gasteiger partial charge on any atom is 0.165 e. The van der Waals surface area contributed by atoms with Crippen molar-refractivity contribution in [2.24, 2.45) is 0 Å². The van der Waals surface area contributed by atoms with Gasteiger partial charge < -0.3 is 24.6 Å². The number of rotatable bonds is 8. The normalized spacial score (nSPS) is 13.6. The lowest BCUT2D eigenvalue weighted by molar-refractivity contribution is 0.108. The first kappa shape index (κ1) is 24.8. The number of nitrogens with zero attached hydrogens (tertiary/aromatic N) is 5. The van der Waals surface area contributed by atoms with E-state index in [1.165, 1.54) is 12.1 Å². The van der Waals surface area contributed by atoms with Crippen LogP contribution in [-0.4, -0.2) is 51.5 Å². The summed E-state index contributed by atoms with van der Waals surface area (Å²) in [4.78, 5) is 16.3. The van der Waals surface area contributed by atoms with Crippen LogP contribution in [0.25, 0.3) is 22.6 Å². The van der Waals surface area contributed by atoms with E-state index in [2.05, 4.69) is 26.4 Å². The fourth-order valence-corrected chi connectivity index (χ4v) is 4.60. The van der Waals surface area contributed by atoms with Crippen molar-refractivity contribution in [3.05, 3.63) is 70.6 Å². The molecule has 10 heteroatoms. The van der Waals surface area contributed by atoms with Gasteiger partial charge in [0.05, 0.1) is 34.8 Å². The van der Waals surface area contributed by atoms with Crippen molar-refractivity contribution < 1.29 is 18.8 Å². The number of aryl methyl sites for hydroxylation is 2. The van der Waals surface area contributed by atoms with Gasteiger partial charge in [-0.15, -0.1) is 0 Å². The number of hydrogen-bond donors (Lipinski definition) is 2. The van der Waals surface area contributed by atoms with Gasteiger partial charge in [-0.25, -0.2) is 14.4 Å². The van der Waals surface area contributed by atoms with E-state index in [1.54, 1.807) is 19.3 Å². The van der Waals surface area contributed by atoms with Crippen LogP contribution in [0.2, 0.25) is 0 Å². The van der Waals surface area contributed by atoms with Gasteiger partial charge in [-0.3, -0.25) is 4.98 Å². The summed E-state index contributed by atoms with van der Waals surface area (Å²) in [6, 6.07) is 8.39. The molecule has 0 fully saturated rings. The second-order valence-electron chi connectivity index (χ2n) is 9.17. The number of hydrogen-bond acceptors (Lipinski definition) is 9. The first-order valence-electron chi connectivity index (χ1n) is 12.1. The van der Waals surface area contributed by atoms with Gasteiger partial charge in [-0.2, -0.15) is 0 Å². The highest BCUT2D eigenvalue weighted by atomic mass is 19.1. The molecule has 0 spiro atoms. The lowest BCUT2D eigenvalue weighted by Gasteiger charge is -2.21. The lowest BCUT2D eigenvalue weighted by Crippen LogP contribution is -2.29. The topological polar surface area (TPSA) is 109 Å². The van der Waals surface area contributed by atoms with E-state index in [-0.39, 0.29) is 18.0 Å². The van der Waals surface area contributed by atoms with Gasteiger partial charge in [0.2, 0.25) is 0 Å². The van der Waals surface area contributed by atoms with Gasteiger partial charge in [-0.1, -0.05) is 11.2 Å². The van der Waals surface area contributed by atoms with Gasteiger partial charge in [0.1, 0.15) is 35.9 Å². The number of aliphatic hydroxyl groups excluding tert-OH is 1. The van der Waals surface area contributed by atoms with Crippen LogP contribution in [0.1, 0.15) is 28.3 Å². The smallest absolute Gasteiger partial charge is 0.165 e. The molecule has 3 aromatic heterocycles. The van der Waals surface area contributed by atoms with Gasteiger partial charge in [0, 0.05) is 24.8 Å². The SMILES string of the molecule is CNC[C@@H](O)COc1ccc(F)c(-c2nc(-c3c(C)noc3C)c(C)c(N3Cc4cccnc4C3)n2)c1. The molecule has 9 nitrogen and oxygen atoms in total. The van der Waals surface area contributed by atoms with Crippen molar-refractivity contribution >= 4 is 5.82 Å². The number of aliphatic hydroxyl groups is 1. The summed E-state index contributed by atoms with van der Waals surface area (Å²) in [5.74, 6) is 1.47. The van der Waals surface area contributed by atoms with Crippen molar-refractivity contribution in [1.29, 1.82) is 0 Å². The average molecular weight is 505 g/mol. The summed E-state index contributed by atoms with van der Waals surface area (Å²) in [5.41, 5.74) is 5.25. The number of fused-ring (bicyclic) bond motifs is 1. The Kier molecular flexibility index (Phi) is 6.86. The molecule has 4 heterocycles. The summed E-state index contributed by atoms with van der Waals surface area (Å²) in [7, 11) is 1.75. The summed E-state index contributed by atoms with van der Waals surface area (Å²) < 4.78 is 26.3. The maximum absolute atomic E-state index is 15.2. The number of likely N-dealkylation sites (N-methyl/N-ethyl adjacent to an activating group) is 1. The number of pyridine rings is 1. The summed E-state index contributed by atoms with van der Waals surface area (Å²) in [5, 5.41) is 17.0. The van der Waals surface area contributed by atoms with Crippen LogP contribution in [0.3, 0.4) is 0 Å². The van der Waals surface area contributed by atoms with Crippen LogP contribution in [0, 0.1) is 26.6 Å². The highest BCUT2D eigenvalue weighted by Crippen LogP contribution is 2.37. The predicted molar refractivity (Wildman–Crippen MR) is 137 cm³/mol. The minimum Gasteiger partial charge on any atom is -0.491 e. The van der Waals surface area contributed by atoms with E-state index >= 15 is 4.39 Å². The number of halogens is 1. The Morgan fingerprint density at radius 2 is 2.03 bits per heavy atom. The van der Waals surface area contributed by atoms with Gasteiger partial charge >= 0.3 is 0 Å². The van der Waals surface area contributed by atoms with Gasteiger partial charge in [-0.05, 0) is 57.6 Å². The molecule has 2 N–H and O–H groups in total. The molecule has 0 saturated carbocycles. The van der Waals surface area contributed by atoms with Crippen molar-refractivity contribution in [2.45, 2.75) is 40.0 Å². The van der Waals surface area contributed by atoms with E-state index in [9.17, 15) is 5.11 Å². The molecule has 0 unspecified atom stereocenters. The van der Waals surface area contributed by atoms with E-state index in [0.717, 1.165) is 22.4 Å². The average Bonchev–Trinajstić information content (AvgIpc) is 3.46. The summed E-state index contributed by atoms with van der Waals surface area (Å²) in [6.45, 7) is 7.31. The van der Waals surface area contributed by atoms with Crippen LogP contribution in [0.5, 0.6) is 5.75 Å². The molecular weight excluding hydrogens is 475 g/mol. The van der Waals surface area contributed by atoms with E-state index < -0.39 is 11.9 Å². The summed E-state index contributed by atoms with van der Waals surface area (Å²) >= 11 is 0. The first-order chi connectivity index (χ1) is 17.9. The Balaban J connectivity index is 1.60. The van der Waals surface area contributed by atoms with Crippen LogP contribution in [-0.2, 0) is 13.1 Å². The van der Waals surface area contributed by atoms with Crippen molar-refractivity contribution in [2.75, 3.05) is 25.1 Å². The summed E-state index contributed by atoms with van der Waals surface area (Å²) in [6.07, 6.45) is 1.09. The molecule has 0 saturated heterocycles. The largest absolute Gasteiger partial charge is 0.491 e. The fraction of sp³-hybridized carbons (Fsp3) is 0.333. The molecule has 1 aromatic carbocycles. The van der Waals surface area contributed by atoms with E-state index in [0.29, 0.717) is 48.3 Å². The molecular formula is C27H29FN6O3. The highest BCUT2D eigenvalue weighted by Gasteiger charge is 2.27. The number of anilines is 1. The number of ether oxygens (including phenoxy) is 1. The third-order valence-electron chi connectivity index (χ3n) is 6.44. The quantitative estimate of drug-likeness (QED) is 0.371. The van der Waals surface area contributed by atoms with Crippen LogP contribution >= 0.6 is 0 Å². The number of aromatic nitrogens is 4. The Hall–Kier alpha value is -3.89. The van der Waals surface area contributed by atoms with Crippen molar-refractivity contribution in [3.8, 4) is 28.4 Å². The molecule has 192 valence electrons. The molecule has 0 aliphatic carbocycles. The van der Waals surface area contributed by atoms with E-state index in [4.69, 9.17) is 19.2 Å². The molecule has 1 aliphatic rings. The molecule has 0 radical (unpaired) electrons. The maximum atomic E-state index is 15.2. The van der Waals surface area contributed by atoms with Gasteiger partial charge in [0.15, 0.2) is 5.82 Å². The minimum atomic E-state index is -0.697. The van der Waals surface area contributed by atoms with E-state index in [1.807, 2.05) is 26.8 Å². The molecule has 37 heavy (non-hydrogen) atoms. The van der Waals surface area contributed by atoms with Crippen LogP contribution < -0.4 is 15.0 Å².